The first-order chi connectivity index (χ1) is 10.5. The van der Waals surface area contributed by atoms with E-state index in [1.165, 1.54) is 25.3 Å². The quantitative estimate of drug-likeness (QED) is 0.488. The third kappa shape index (κ3) is 3.39. The molecule has 0 radical (unpaired) electrons. The highest BCUT2D eigenvalue weighted by Crippen LogP contribution is 2.20. The number of nitriles is 1. The van der Waals surface area contributed by atoms with Gasteiger partial charge >= 0.3 is 0 Å². The summed E-state index contributed by atoms with van der Waals surface area (Å²) in [6.45, 7) is 1.87. The van der Waals surface area contributed by atoms with E-state index in [1.807, 2.05) is 19.1 Å². The van der Waals surface area contributed by atoms with Gasteiger partial charge in [-0.25, -0.2) is 4.39 Å². The van der Waals surface area contributed by atoms with Gasteiger partial charge in [0.15, 0.2) is 11.6 Å². The van der Waals surface area contributed by atoms with Crippen LogP contribution in [0.3, 0.4) is 0 Å². The van der Waals surface area contributed by atoms with Crippen LogP contribution < -0.4 is 4.74 Å². The van der Waals surface area contributed by atoms with Crippen molar-refractivity contribution < 1.29 is 13.9 Å². The molecule has 3 nitrogen and oxygen atoms in total. The number of benzene rings is 2. The number of ether oxygens (including phenoxy) is 1. The molecule has 0 aromatic heterocycles. The molecule has 0 saturated heterocycles. The van der Waals surface area contributed by atoms with Crippen LogP contribution in [0.2, 0.25) is 0 Å². The predicted molar refractivity (Wildman–Crippen MR) is 82.1 cm³/mol. The maximum atomic E-state index is 13.7. The lowest BCUT2D eigenvalue weighted by Gasteiger charge is -2.03. The Morgan fingerprint density at radius 3 is 2.64 bits per heavy atom. The second-order valence-corrected chi connectivity index (χ2v) is 4.76. The van der Waals surface area contributed by atoms with E-state index in [2.05, 4.69) is 0 Å². The number of rotatable bonds is 4. The molecule has 0 atom stereocenters. The molecule has 0 heterocycles. The van der Waals surface area contributed by atoms with Gasteiger partial charge in [0.1, 0.15) is 11.6 Å². The standard InChI is InChI=1S/C18H14FNO2/c1-12-4-3-5-14(8-12)18(21)15(11-20)9-13-6-7-17(22-2)16(19)10-13/h3-10H,1-2H3/b15-9+. The van der Waals surface area contributed by atoms with Gasteiger partial charge < -0.3 is 4.74 Å². The zero-order valence-corrected chi connectivity index (χ0v) is 12.3. The number of methoxy groups -OCH3 is 1. The van der Waals surface area contributed by atoms with Crippen LogP contribution in [0.15, 0.2) is 48.0 Å². The molecule has 2 aromatic carbocycles. The molecule has 0 N–H and O–H groups in total. The van der Waals surface area contributed by atoms with Crippen LogP contribution >= 0.6 is 0 Å². The molecule has 0 bridgehead atoms. The molecule has 2 aromatic rings. The van der Waals surface area contributed by atoms with Gasteiger partial charge in [-0.15, -0.1) is 0 Å². The maximum Gasteiger partial charge on any atom is 0.203 e. The van der Waals surface area contributed by atoms with Crippen LogP contribution in [0.1, 0.15) is 21.5 Å². The minimum Gasteiger partial charge on any atom is -0.494 e. The van der Waals surface area contributed by atoms with E-state index in [4.69, 9.17) is 4.74 Å². The predicted octanol–water partition coefficient (Wildman–Crippen LogP) is 3.93. The van der Waals surface area contributed by atoms with E-state index in [0.29, 0.717) is 11.1 Å². The lowest BCUT2D eigenvalue weighted by Crippen LogP contribution is -2.02. The molecule has 0 unspecified atom stereocenters. The number of ketones is 1. The van der Waals surface area contributed by atoms with Crippen LogP contribution in [0.25, 0.3) is 6.08 Å². The van der Waals surface area contributed by atoms with Crippen molar-refractivity contribution >= 4 is 11.9 Å². The number of halogens is 1. The summed E-state index contributed by atoms with van der Waals surface area (Å²) in [6, 6.07) is 13.1. The lowest BCUT2D eigenvalue weighted by atomic mass is 10.0. The molecule has 22 heavy (non-hydrogen) atoms. The van der Waals surface area contributed by atoms with Crippen LogP contribution in [-0.4, -0.2) is 12.9 Å². The Hall–Kier alpha value is -2.93. The third-order valence-corrected chi connectivity index (χ3v) is 3.13. The molecule has 0 spiro atoms. The summed E-state index contributed by atoms with van der Waals surface area (Å²) in [4.78, 5) is 12.3. The third-order valence-electron chi connectivity index (χ3n) is 3.13. The zero-order valence-electron chi connectivity index (χ0n) is 12.3. The second-order valence-electron chi connectivity index (χ2n) is 4.76. The molecule has 0 aliphatic rings. The summed E-state index contributed by atoms with van der Waals surface area (Å²) in [6.07, 6.45) is 1.37. The molecular formula is C18H14FNO2. The highest BCUT2D eigenvalue weighted by molar-refractivity contribution is 6.14. The molecule has 0 aliphatic carbocycles. The first kappa shape index (κ1) is 15.5. The Morgan fingerprint density at radius 1 is 1.27 bits per heavy atom. The van der Waals surface area contributed by atoms with Gasteiger partial charge in [0, 0.05) is 5.56 Å². The fourth-order valence-electron chi connectivity index (χ4n) is 2.03. The summed E-state index contributed by atoms with van der Waals surface area (Å²) in [5.74, 6) is -0.820. The number of carbonyl (C=O) groups excluding carboxylic acids is 1. The number of hydrogen-bond donors (Lipinski definition) is 0. The van der Waals surface area contributed by atoms with Crippen molar-refractivity contribution in [3.05, 3.63) is 70.5 Å². The minimum absolute atomic E-state index is 0.0461. The fraction of sp³-hybridized carbons (Fsp3) is 0.111. The van der Waals surface area contributed by atoms with Crippen molar-refractivity contribution in [1.82, 2.24) is 0 Å². The molecule has 4 heteroatoms. The van der Waals surface area contributed by atoms with E-state index in [1.54, 1.807) is 24.3 Å². The Morgan fingerprint density at radius 2 is 2.05 bits per heavy atom. The number of carbonyl (C=O) groups is 1. The Kier molecular flexibility index (Phi) is 4.70. The second kappa shape index (κ2) is 6.68. The highest BCUT2D eigenvalue weighted by atomic mass is 19.1. The van der Waals surface area contributed by atoms with E-state index >= 15 is 0 Å². The van der Waals surface area contributed by atoms with Gasteiger partial charge in [-0.3, -0.25) is 4.79 Å². The molecule has 110 valence electrons. The zero-order chi connectivity index (χ0) is 16.1. The van der Waals surface area contributed by atoms with Crippen molar-refractivity contribution in [2.24, 2.45) is 0 Å². The first-order valence-corrected chi connectivity index (χ1v) is 6.62. The number of nitrogens with zero attached hydrogens (tertiary/aromatic N) is 1. The maximum absolute atomic E-state index is 13.7. The number of Topliss-reactive ketones (excluding diaryl/α,β-unsaturated/α-hetero) is 1. The van der Waals surface area contributed by atoms with E-state index < -0.39 is 5.82 Å². The monoisotopic (exact) mass is 295 g/mol. The summed E-state index contributed by atoms with van der Waals surface area (Å²) in [5, 5.41) is 9.20. The first-order valence-electron chi connectivity index (χ1n) is 6.62. The number of allylic oxidation sites excluding steroid dienone is 1. The molecule has 0 fully saturated rings. The number of hydrogen-bond acceptors (Lipinski definition) is 3. The Bertz CT molecular complexity index is 788. The fourth-order valence-corrected chi connectivity index (χ4v) is 2.03. The average Bonchev–Trinajstić information content (AvgIpc) is 2.52. The van der Waals surface area contributed by atoms with Crippen LogP contribution in [0.5, 0.6) is 5.75 Å². The Balaban J connectivity index is 2.37. The van der Waals surface area contributed by atoms with Crippen molar-refractivity contribution in [1.29, 1.82) is 5.26 Å². The van der Waals surface area contributed by atoms with Gasteiger partial charge in [-0.2, -0.15) is 5.26 Å². The van der Waals surface area contributed by atoms with Crippen molar-refractivity contribution in [3.8, 4) is 11.8 Å². The van der Waals surface area contributed by atoms with Gasteiger partial charge in [0.05, 0.1) is 7.11 Å². The van der Waals surface area contributed by atoms with Crippen molar-refractivity contribution in [3.63, 3.8) is 0 Å². The van der Waals surface area contributed by atoms with Crippen molar-refractivity contribution in [2.45, 2.75) is 6.92 Å². The summed E-state index contributed by atoms with van der Waals surface area (Å²) < 4.78 is 18.5. The van der Waals surface area contributed by atoms with Gasteiger partial charge in [-0.1, -0.05) is 29.8 Å². The molecule has 0 saturated carbocycles. The Labute approximate surface area is 128 Å². The number of aryl methyl sites for hydroxylation is 1. The summed E-state index contributed by atoms with van der Waals surface area (Å²) >= 11 is 0. The van der Waals surface area contributed by atoms with Gasteiger partial charge in [0.2, 0.25) is 5.78 Å². The smallest absolute Gasteiger partial charge is 0.203 e. The lowest BCUT2D eigenvalue weighted by molar-refractivity contribution is 0.104. The largest absolute Gasteiger partial charge is 0.494 e. The highest BCUT2D eigenvalue weighted by Gasteiger charge is 2.12. The van der Waals surface area contributed by atoms with Crippen LogP contribution in [0.4, 0.5) is 4.39 Å². The SMILES string of the molecule is COc1ccc(/C=C(\C#N)C(=O)c2cccc(C)c2)cc1F. The molecule has 2 rings (SSSR count). The van der Waals surface area contributed by atoms with Crippen molar-refractivity contribution in [2.75, 3.05) is 7.11 Å². The molecule has 0 aliphatic heterocycles. The average molecular weight is 295 g/mol. The van der Waals surface area contributed by atoms with Crippen LogP contribution in [-0.2, 0) is 0 Å². The summed E-state index contributed by atoms with van der Waals surface area (Å²) in [7, 11) is 1.37. The molecular weight excluding hydrogens is 281 g/mol. The normalized spacial score (nSPS) is 10.9. The van der Waals surface area contributed by atoms with Crippen LogP contribution in [0, 0.1) is 24.1 Å². The summed E-state index contributed by atoms with van der Waals surface area (Å²) in [5.41, 5.74) is 1.74. The van der Waals surface area contributed by atoms with E-state index in [9.17, 15) is 14.4 Å². The minimum atomic E-state index is -0.545. The topological polar surface area (TPSA) is 50.1 Å². The molecule has 0 amide bonds. The van der Waals surface area contributed by atoms with Gasteiger partial charge in [-0.05, 0) is 36.8 Å². The van der Waals surface area contributed by atoms with E-state index in [-0.39, 0.29) is 17.1 Å². The van der Waals surface area contributed by atoms with Gasteiger partial charge in [0.25, 0.3) is 0 Å². The van der Waals surface area contributed by atoms with E-state index in [0.717, 1.165) is 5.56 Å².